The van der Waals surface area contributed by atoms with E-state index >= 15 is 0 Å². The number of anilines is 2. The molecule has 0 radical (unpaired) electrons. The Balaban J connectivity index is 1.05. The summed E-state index contributed by atoms with van der Waals surface area (Å²) in [5.74, 6) is 0.261. The van der Waals surface area contributed by atoms with Crippen LogP contribution in [-0.4, -0.2) is 11.0 Å². The number of rotatable bonds is 3. The lowest BCUT2D eigenvalue weighted by molar-refractivity contribution is 0.670. The molecule has 3 nitrogen and oxygen atoms in total. The molecule has 2 aliphatic rings. The van der Waals surface area contributed by atoms with Gasteiger partial charge in [-0.05, 0) is 75.5 Å². The molecular formula is C45H28N2OS. The number of aromatic nitrogens is 1. The summed E-state index contributed by atoms with van der Waals surface area (Å²) in [6.07, 6.45) is 4.70. The summed E-state index contributed by atoms with van der Waals surface area (Å²) in [4.78, 5) is 7.83. The second-order valence-electron chi connectivity index (χ2n) is 13.1. The Kier molecular flexibility index (Phi) is 5.66. The molecule has 0 amide bonds. The third kappa shape index (κ3) is 3.92. The number of benzene rings is 7. The van der Waals surface area contributed by atoms with Crippen molar-refractivity contribution in [1.29, 1.82) is 0 Å². The van der Waals surface area contributed by atoms with Crippen molar-refractivity contribution < 1.29 is 4.42 Å². The van der Waals surface area contributed by atoms with E-state index in [1.54, 1.807) is 11.3 Å². The van der Waals surface area contributed by atoms with Crippen LogP contribution in [0.4, 0.5) is 11.4 Å². The van der Waals surface area contributed by atoms with E-state index in [1.807, 2.05) is 12.1 Å². The first-order valence-corrected chi connectivity index (χ1v) is 17.6. The minimum Gasteiger partial charge on any atom is -0.455 e. The molecule has 0 fully saturated rings. The summed E-state index contributed by atoms with van der Waals surface area (Å²) >= 11 is 1.75. The lowest BCUT2D eigenvalue weighted by atomic mass is 9.80. The Morgan fingerprint density at radius 2 is 1.45 bits per heavy atom. The van der Waals surface area contributed by atoms with E-state index in [-0.39, 0.29) is 12.0 Å². The van der Waals surface area contributed by atoms with Gasteiger partial charge >= 0.3 is 0 Å². The maximum atomic E-state index is 6.51. The van der Waals surface area contributed by atoms with E-state index in [2.05, 4.69) is 151 Å². The molecule has 2 unspecified atom stereocenters. The third-order valence-electron chi connectivity index (χ3n) is 10.4. The maximum Gasteiger partial charge on any atom is 0.145 e. The summed E-state index contributed by atoms with van der Waals surface area (Å²) in [7, 11) is 0. The summed E-state index contributed by atoms with van der Waals surface area (Å²) < 4.78 is 7.67. The van der Waals surface area contributed by atoms with Crippen molar-refractivity contribution in [3.8, 4) is 21.7 Å². The summed E-state index contributed by atoms with van der Waals surface area (Å²) in [5, 5.41) is 5.82. The molecule has 230 valence electrons. The molecular weight excluding hydrogens is 617 g/mol. The van der Waals surface area contributed by atoms with Gasteiger partial charge in [0, 0.05) is 33.8 Å². The zero-order valence-corrected chi connectivity index (χ0v) is 27.2. The second-order valence-corrected chi connectivity index (χ2v) is 14.1. The fraction of sp³-hybridized carbons (Fsp3) is 0.0444. The molecule has 3 heterocycles. The molecule has 9 aromatic rings. The number of para-hydroxylation sites is 1. The van der Waals surface area contributed by atoms with Crippen molar-refractivity contribution in [2.24, 2.45) is 0 Å². The summed E-state index contributed by atoms with van der Waals surface area (Å²) in [6, 6.07) is 52.6. The van der Waals surface area contributed by atoms with Crippen LogP contribution in [-0.2, 0) is 0 Å². The summed E-state index contributed by atoms with van der Waals surface area (Å²) in [6.45, 7) is 0. The van der Waals surface area contributed by atoms with Crippen molar-refractivity contribution in [1.82, 2.24) is 4.98 Å². The van der Waals surface area contributed by atoms with Crippen molar-refractivity contribution in [3.63, 3.8) is 0 Å². The van der Waals surface area contributed by atoms with Crippen molar-refractivity contribution in [2.75, 3.05) is 4.90 Å². The van der Waals surface area contributed by atoms with Gasteiger partial charge in [0.2, 0.25) is 0 Å². The highest BCUT2D eigenvalue weighted by Crippen LogP contribution is 2.54. The molecule has 4 heteroatoms. The molecule has 1 aliphatic heterocycles. The van der Waals surface area contributed by atoms with Gasteiger partial charge in [0.1, 0.15) is 16.2 Å². The minimum absolute atomic E-state index is 0.197. The maximum absolute atomic E-state index is 6.51. The quantitative estimate of drug-likeness (QED) is 0.192. The van der Waals surface area contributed by atoms with Gasteiger partial charge < -0.3 is 9.32 Å². The smallest absolute Gasteiger partial charge is 0.145 e. The van der Waals surface area contributed by atoms with Crippen molar-refractivity contribution in [2.45, 2.75) is 12.0 Å². The largest absolute Gasteiger partial charge is 0.455 e. The lowest BCUT2D eigenvalue weighted by Crippen LogP contribution is -2.30. The van der Waals surface area contributed by atoms with Crippen LogP contribution in [0.25, 0.3) is 70.7 Å². The number of furan rings is 1. The molecule has 0 spiro atoms. The molecule has 49 heavy (non-hydrogen) atoms. The number of fused-ring (bicyclic) bond motifs is 12. The predicted molar refractivity (Wildman–Crippen MR) is 205 cm³/mol. The van der Waals surface area contributed by atoms with Gasteiger partial charge in [0.25, 0.3) is 0 Å². The Bertz CT molecular complexity index is 2790. The van der Waals surface area contributed by atoms with E-state index in [0.717, 1.165) is 53.9 Å². The standard InChI is InChI=1S/C45H28N2OS/c1-2-10-27(11-3-1)35-26-39-43(42-34-16-8-9-17-38(34)48-44(35)42)46-45(49-39)30-18-22-31(23-19-30)47-36-24-20-28-12-4-6-14-32(28)40(36)41-33-15-7-5-13-29(33)21-25-37(41)47/h1-26,36,40H. The van der Waals surface area contributed by atoms with Crippen LogP contribution in [0, 0.1) is 0 Å². The Hall–Kier alpha value is -5.97. The van der Waals surface area contributed by atoms with Gasteiger partial charge in [-0.1, -0.05) is 115 Å². The Labute approximate surface area is 287 Å². The van der Waals surface area contributed by atoms with Gasteiger partial charge in [0.05, 0.1) is 21.6 Å². The first-order chi connectivity index (χ1) is 24.3. The van der Waals surface area contributed by atoms with Gasteiger partial charge in [0.15, 0.2) is 0 Å². The topological polar surface area (TPSA) is 29.3 Å². The van der Waals surface area contributed by atoms with Crippen LogP contribution >= 0.6 is 11.3 Å². The van der Waals surface area contributed by atoms with Gasteiger partial charge in [-0.2, -0.15) is 0 Å². The molecule has 7 aromatic carbocycles. The van der Waals surface area contributed by atoms with Crippen molar-refractivity contribution in [3.05, 3.63) is 168 Å². The number of hydrogen-bond donors (Lipinski definition) is 0. The van der Waals surface area contributed by atoms with E-state index < -0.39 is 0 Å². The van der Waals surface area contributed by atoms with Gasteiger partial charge in [-0.15, -0.1) is 11.3 Å². The molecule has 11 rings (SSSR count). The molecule has 2 atom stereocenters. The van der Waals surface area contributed by atoms with Crippen LogP contribution in [0.3, 0.4) is 0 Å². The van der Waals surface area contributed by atoms with Crippen LogP contribution in [0.1, 0.15) is 22.6 Å². The molecule has 0 N–H and O–H groups in total. The SMILES string of the molecule is C1=CC2C(c3ccccc31)c1c(ccc3ccccc13)N2c1ccc(-c2nc3c(cc(-c4ccccc4)c4oc5ccccc5c43)s2)cc1. The minimum atomic E-state index is 0.197. The molecule has 0 saturated carbocycles. The third-order valence-corrected chi connectivity index (χ3v) is 11.5. The normalized spacial score (nSPS) is 16.4. The number of hydrogen-bond acceptors (Lipinski definition) is 4. The highest BCUT2D eigenvalue weighted by atomic mass is 32.1. The van der Waals surface area contributed by atoms with Gasteiger partial charge in [-0.25, -0.2) is 4.98 Å². The average Bonchev–Trinajstić information content (AvgIpc) is 3.87. The number of thiazole rings is 1. The van der Waals surface area contributed by atoms with E-state index in [1.165, 1.54) is 38.8 Å². The lowest BCUT2D eigenvalue weighted by Gasteiger charge is -2.31. The highest BCUT2D eigenvalue weighted by Gasteiger charge is 2.42. The van der Waals surface area contributed by atoms with Crippen LogP contribution in [0.15, 0.2) is 156 Å². The zero-order valence-electron chi connectivity index (χ0n) is 26.4. The summed E-state index contributed by atoms with van der Waals surface area (Å²) in [5.41, 5.74) is 12.7. The van der Waals surface area contributed by atoms with E-state index in [9.17, 15) is 0 Å². The van der Waals surface area contributed by atoms with Gasteiger partial charge in [-0.3, -0.25) is 0 Å². The van der Waals surface area contributed by atoms with Crippen molar-refractivity contribution >= 4 is 71.7 Å². The number of nitrogens with zero attached hydrogens (tertiary/aromatic N) is 2. The van der Waals surface area contributed by atoms with Crippen LogP contribution in [0.2, 0.25) is 0 Å². The fourth-order valence-corrected chi connectivity index (χ4v) is 9.31. The van der Waals surface area contributed by atoms with Crippen LogP contribution in [0.5, 0.6) is 0 Å². The first kappa shape index (κ1) is 27.0. The second kappa shape index (κ2) is 10.3. The molecule has 2 aromatic heterocycles. The Morgan fingerprint density at radius 1 is 0.673 bits per heavy atom. The Morgan fingerprint density at radius 3 is 2.35 bits per heavy atom. The monoisotopic (exact) mass is 644 g/mol. The van der Waals surface area contributed by atoms with E-state index in [4.69, 9.17) is 9.40 Å². The first-order valence-electron chi connectivity index (χ1n) is 16.8. The van der Waals surface area contributed by atoms with Crippen LogP contribution < -0.4 is 4.90 Å². The zero-order chi connectivity index (χ0) is 32.1. The van der Waals surface area contributed by atoms with E-state index in [0.29, 0.717) is 0 Å². The predicted octanol–water partition coefficient (Wildman–Crippen LogP) is 12.4. The fourth-order valence-electron chi connectivity index (χ4n) is 8.29. The highest BCUT2D eigenvalue weighted by molar-refractivity contribution is 7.21. The molecule has 0 bridgehead atoms. The average molecular weight is 645 g/mol. The molecule has 0 saturated heterocycles. The molecule has 1 aliphatic carbocycles.